The molecule has 2 aromatic rings. The van der Waals surface area contributed by atoms with Crippen molar-refractivity contribution in [1.82, 2.24) is 14.8 Å². The van der Waals surface area contributed by atoms with E-state index >= 15 is 0 Å². The lowest BCUT2D eigenvalue weighted by molar-refractivity contribution is -0.141. The zero-order valence-electron chi connectivity index (χ0n) is 11.0. The maximum absolute atomic E-state index is 12.7. The van der Waals surface area contributed by atoms with Crippen LogP contribution in [-0.2, 0) is 10.9 Å². The van der Waals surface area contributed by atoms with Gasteiger partial charge in [-0.15, -0.1) is 0 Å². The third-order valence-electron chi connectivity index (χ3n) is 3.06. The molecular formula is C14H12F3N3O. The van der Waals surface area contributed by atoms with Crippen LogP contribution in [0.3, 0.4) is 0 Å². The molecule has 0 amide bonds. The van der Waals surface area contributed by atoms with Crippen LogP contribution in [0.5, 0.6) is 0 Å². The molecule has 3 heterocycles. The molecule has 0 bridgehead atoms. The molecule has 0 atom stereocenters. The van der Waals surface area contributed by atoms with Gasteiger partial charge in [-0.3, -0.25) is 0 Å². The van der Waals surface area contributed by atoms with E-state index in [4.69, 9.17) is 4.74 Å². The normalized spacial score (nSPS) is 15.5. The summed E-state index contributed by atoms with van der Waals surface area (Å²) in [5.74, 6) is 0.826. The van der Waals surface area contributed by atoms with Gasteiger partial charge in [-0.25, -0.2) is 9.67 Å². The maximum atomic E-state index is 12.7. The quantitative estimate of drug-likeness (QED) is 0.852. The van der Waals surface area contributed by atoms with Gasteiger partial charge < -0.3 is 4.74 Å². The first kappa shape index (κ1) is 13.7. The first-order valence-electron chi connectivity index (χ1n) is 6.47. The minimum atomic E-state index is -4.47. The number of pyridine rings is 1. The molecule has 4 nitrogen and oxygen atoms in total. The van der Waals surface area contributed by atoms with Crippen LogP contribution in [-0.4, -0.2) is 21.4 Å². The van der Waals surface area contributed by atoms with Crippen LogP contribution in [0.1, 0.15) is 24.1 Å². The number of rotatable bonds is 2. The highest BCUT2D eigenvalue weighted by atomic mass is 19.4. The van der Waals surface area contributed by atoms with Crippen LogP contribution in [0.25, 0.3) is 11.6 Å². The molecular weight excluding hydrogens is 283 g/mol. The van der Waals surface area contributed by atoms with Gasteiger partial charge in [0.05, 0.1) is 18.4 Å². The molecule has 0 saturated carbocycles. The fourth-order valence-electron chi connectivity index (χ4n) is 2.04. The standard InChI is InChI=1S/C14H12F3N3O/c15-14(16,17)12-5-3-6-13(19-12)20-9-10(8-18-20)11-4-1-2-7-21-11/h3-6,8-9H,1-2,7H2. The van der Waals surface area contributed by atoms with E-state index in [1.54, 1.807) is 12.4 Å². The second-order valence-electron chi connectivity index (χ2n) is 4.61. The number of nitrogens with zero attached hydrogens (tertiary/aromatic N) is 3. The highest BCUT2D eigenvalue weighted by Gasteiger charge is 2.32. The number of hydrogen-bond acceptors (Lipinski definition) is 3. The average molecular weight is 295 g/mol. The lowest BCUT2D eigenvalue weighted by Gasteiger charge is -2.12. The molecule has 0 saturated heterocycles. The number of halogens is 3. The Hall–Kier alpha value is -2.31. The van der Waals surface area contributed by atoms with Gasteiger partial charge in [0.1, 0.15) is 11.5 Å². The predicted octanol–water partition coefficient (Wildman–Crippen LogP) is 3.44. The van der Waals surface area contributed by atoms with E-state index in [2.05, 4.69) is 10.1 Å². The SMILES string of the molecule is FC(F)(F)c1cccc(-n2cc(C3=CCCCO3)cn2)n1. The fourth-order valence-corrected chi connectivity index (χ4v) is 2.04. The molecule has 3 rings (SSSR count). The Labute approximate surface area is 118 Å². The van der Waals surface area contributed by atoms with Crippen LogP contribution < -0.4 is 0 Å². The average Bonchev–Trinajstić information content (AvgIpc) is 2.97. The maximum Gasteiger partial charge on any atom is 0.433 e. The van der Waals surface area contributed by atoms with Crippen molar-refractivity contribution < 1.29 is 17.9 Å². The lowest BCUT2D eigenvalue weighted by atomic mass is 10.2. The zero-order chi connectivity index (χ0) is 14.9. The van der Waals surface area contributed by atoms with Gasteiger partial charge in [0.2, 0.25) is 0 Å². The minimum Gasteiger partial charge on any atom is -0.493 e. The number of aromatic nitrogens is 3. The van der Waals surface area contributed by atoms with E-state index in [0.717, 1.165) is 24.5 Å². The molecule has 0 fully saturated rings. The molecule has 0 aliphatic carbocycles. The van der Waals surface area contributed by atoms with Crippen LogP contribution in [0.15, 0.2) is 36.7 Å². The number of ether oxygens (including phenoxy) is 1. The molecule has 1 aliphatic rings. The van der Waals surface area contributed by atoms with Gasteiger partial charge >= 0.3 is 6.18 Å². The lowest BCUT2D eigenvalue weighted by Crippen LogP contribution is -2.10. The summed E-state index contributed by atoms with van der Waals surface area (Å²) >= 11 is 0. The van der Waals surface area contributed by atoms with Crippen molar-refractivity contribution >= 4 is 5.76 Å². The van der Waals surface area contributed by atoms with Gasteiger partial charge in [0.15, 0.2) is 5.82 Å². The summed E-state index contributed by atoms with van der Waals surface area (Å²) in [7, 11) is 0. The van der Waals surface area contributed by atoms with E-state index < -0.39 is 11.9 Å². The summed E-state index contributed by atoms with van der Waals surface area (Å²) in [6, 6.07) is 3.71. The van der Waals surface area contributed by atoms with Crippen molar-refractivity contribution in [1.29, 1.82) is 0 Å². The monoisotopic (exact) mass is 295 g/mol. The largest absolute Gasteiger partial charge is 0.493 e. The Morgan fingerprint density at radius 2 is 2.10 bits per heavy atom. The Bertz CT molecular complexity index is 676. The van der Waals surface area contributed by atoms with Crippen molar-refractivity contribution in [3.63, 3.8) is 0 Å². The first-order valence-corrected chi connectivity index (χ1v) is 6.47. The highest BCUT2D eigenvalue weighted by molar-refractivity contribution is 5.59. The molecule has 0 radical (unpaired) electrons. The Morgan fingerprint density at radius 3 is 2.81 bits per heavy atom. The molecule has 1 aliphatic heterocycles. The molecule has 0 N–H and O–H groups in total. The third kappa shape index (κ3) is 2.91. The summed E-state index contributed by atoms with van der Waals surface area (Å²) in [4.78, 5) is 3.59. The third-order valence-corrected chi connectivity index (χ3v) is 3.06. The van der Waals surface area contributed by atoms with Gasteiger partial charge in [-0.2, -0.15) is 18.3 Å². The zero-order valence-corrected chi connectivity index (χ0v) is 11.0. The summed E-state index contributed by atoms with van der Waals surface area (Å²) in [6.07, 6.45) is 2.53. The van der Waals surface area contributed by atoms with E-state index in [-0.39, 0.29) is 5.82 Å². The predicted molar refractivity (Wildman–Crippen MR) is 69.5 cm³/mol. The van der Waals surface area contributed by atoms with Crippen molar-refractivity contribution in [2.45, 2.75) is 19.0 Å². The van der Waals surface area contributed by atoms with Gasteiger partial charge in [-0.05, 0) is 31.1 Å². The van der Waals surface area contributed by atoms with Gasteiger partial charge in [0.25, 0.3) is 0 Å². The van der Waals surface area contributed by atoms with Crippen LogP contribution >= 0.6 is 0 Å². The Morgan fingerprint density at radius 1 is 1.24 bits per heavy atom. The molecule has 0 spiro atoms. The van der Waals surface area contributed by atoms with Crippen molar-refractivity contribution in [3.8, 4) is 5.82 Å². The molecule has 2 aromatic heterocycles. The number of hydrogen-bond donors (Lipinski definition) is 0. The topological polar surface area (TPSA) is 39.9 Å². The van der Waals surface area contributed by atoms with Crippen LogP contribution in [0.4, 0.5) is 13.2 Å². The van der Waals surface area contributed by atoms with E-state index in [0.29, 0.717) is 12.4 Å². The van der Waals surface area contributed by atoms with Crippen molar-refractivity contribution in [2.75, 3.05) is 6.61 Å². The van der Waals surface area contributed by atoms with E-state index in [1.165, 1.54) is 16.8 Å². The van der Waals surface area contributed by atoms with Gasteiger partial charge in [0, 0.05) is 6.20 Å². The molecule has 7 heteroatoms. The molecule has 21 heavy (non-hydrogen) atoms. The van der Waals surface area contributed by atoms with E-state index in [9.17, 15) is 13.2 Å². The summed E-state index contributed by atoms with van der Waals surface area (Å²) in [5, 5.41) is 4.05. The minimum absolute atomic E-state index is 0.118. The second-order valence-corrected chi connectivity index (χ2v) is 4.61. The second kappa shape index (κ2) is 5.23. The summed E-state index contributed by atoms with van der Waals surface area (Å²) < 4.78 is 44.8. The van der Waals surface area contributed by atoms with Crippen LogP contribution in [0, 0.1) is 0 Å². The smallest absolute Gasteiger partial charge is 0.433 e. The highest BCUT2D eigenvalue weighted by Crippen LogP contribution is 2.28. The fraction of sp³-hybridized carbons (Fsp3) is 0.286. The Balaban J connectivity index is 1.91. The van der Waals surface area contributed by atoms with E-state index in [1.807, 2.05) is 6.08 Å². The summed E-state index contributed by atoms with van der Waals surface area (Å²) in [5.41, 5.74) is -0.209. The summed E-state index contributed by atoms with van der Waals surface area (Å²) in [6.45, 7) is 0.638. The number of alkyl halides is 3. The van der Waals surface area contributed by atoms with Gasteiger partial charge in [-0.1, -0.05) is 6.07 Å². The van der Waals surface area contributed by atoms with Crippen LogP contribution in [0.2, 0.25) is 0 Å². The number of allylic oxidation sites excluding steroid dienone is 1. The van der Waals surface area contributed by atoms with Crippen molar-refractivity contribution in [2.24, 2.45) is 0 Å². The molecule has 110 valence electrons. The van der Waals surface area contributed by atoms with Crippen molar-refractivity contribution in [3.05, 3.63) is 47.9 Å². The molecule has 0 unspecified atom stereocenters. The molecule has 0 aromatic carbocycles. The first-order chi connectivity index (χ1) is 10.0. The Kier molecular flexibility index (Phi) is 3.40.